The fourth-order valence-corrected chi connectivity index (χ4v) is 2.30. The first-order chi connectivity index (χ1) is 9.91. The van der Waals surface area contributed by atoms with Crippen LogP contribution in [0.5, 0.6) is 0 Å². The molecular weight excluding hydrogens is 260 g/mol. The van der Waals surface area contributed by atoms with Crippen LogP contribution in [0.4, 0.5) is 5.69 Å². The van der Waals surface area contributed by atoms with Gasteiger partial charge in [-0.15, -0.1) is 0 Å². The smallest absolute Gasteiger partial charge is 0.256 e. The van der Waals surface area contributed by atoms with Gasteiger partial charge in [0.1, 0.15) is 0 Å². The molecule has 0 aromatic heterocycles. The molecule has 3 heteroatoms. The van der Waals surface area contributed by atoms with E-state index < -0.39 is 0 Å². The Bertz CT molecular complexity index is 647. The Balaban J connectivity index is 2.26. The van der Waals surface area contributed by atoms with Gasteiger partial charge in [-0.25, -0.2) is 0 Å². The fourth-order valence-electron chi connectivity index (χ4n) is 2.30. The second kappa shape index (κ2) is 6.00. The summed E-state index contributed by atoms with van der Waals surface area (Å²) in [6.45, 7) is 5.99. The van der Waals surface area contributed by atoms with Crippen molar-refractivity contribution >= 4 is 11.6 Å². The van der Waals surface area contributed by atoms with Crippen molar-refractivity contribution in [2.75, 3.05) is 12.8 Å². The number of nitrogen functional groups attached to an aromatic ring is 1. The van der Waals surface area contributed by atoms with E-state index in [1.807, 2.05) is 33.0 Å². The highest BCUT2D eigenvalue weighted by atomic mass is 16.2. The van der Waals surface area contributed by atoms with Crippen LogP contribution in [0, 0.1) is 13.8 Å². The van der Waals surface area contributed by atoms with Crippen LogP contribution in [-0.2, 0) is 0 Å². The molecule has 2 N–H and O–H groups in total. The van der Waals surface area contributed by atoms with Crippen molar-refractivity contribution in [3.8, 4) is 0 Å². The van der Waals surface area contributed by atoms with Crippen molar-refractivity contribution in [1.82, 2.24) is 4.90 Å². The topological polar surface area (TPSA) is 46.3 Å². The molecule has 0 radical (unpaired) electrons. The normalized spacial score (nSPS) is 12.0. The van der Waals surface area contributed by atoms with Gasteiger partial charge < -0.3 is 10.6 Å². The van der Waals surface area contributed by atoms with Crippen molar-refractivity contribution in [3.05, 3.63) is 64.7 Å². The molecule has 0 fully saturated rings. The second-order valence-electron chi connectivity index (χ2n) is 5.54. The lowest BCUT2D eigenvalue weighted by atomic mass is 10.0. The second-order valence-corrected chi connectivity index (χ2v) is 5.54. The van der Waals surface area contributed by atoms with Crippen LogP contribution in [0.1, 0.15) is 40.0 Å². The van der Waals surface area contributed by atoms with E-state index in [1.165, 1.54) is 5.56 Å². The average molecular weight is 282 g/mol. The largest absolute Gasteiger partial charge is 0.398 e. The molecule has 0 saturated heterocycles. The molecule has 0 aliphatic heterocycles. The maximum atomic E-state index is 12.6. The summed E-state index contributed by atoms with van der Waals surface area (Å²) in [5, 5.41) is 0. The highest BCUT2D eigenvalue weighted by Crippen LogP contribution is 2.24. The van der Waals surface area contributed by atoms with E-state index in [-0.39, 0.29) is 11.9 Å². The fraction of sp³-hybridized carbons (Fsp3) is 0.278. The molecule has 1 unspecified atom stereocenters. The van der Waals surface area contributed by atoms with Gasteiger partial charge in [0.25, 0.3) is 5.91 Å². The number of hydrogen-bond donors (Lipinski definition) is 1. The third-order valence-corrected chi connectivity index (χ3v) is 4.02. The Morgan fingerprint density at radius 1 is 1.10 bits per heavy atom. The van der Waals surface area contributed by atoms with Gasteiger partial charge in [0, 0.05) is 12.7 Å². The van der Waals surface area contributed by atoms with Gasteiger partial charge >= 0.3 is 0 Å². The predicted molar refractivity (Wildman–Crippen MR) is 87.3 cm³/mol. The molecule has 0 spiro atoms. The minimum absolute atomic E-state index is 0.00184. The van der Waals surface area contributed by atoms with Gasteiger partial charge in [-0.05, 0) is 38.0 Å². The number of aryl methyl sites for hydroxylation is 2. The first-order valence-electron chi connectivity index (χ1n) is 7.10. The lowest BCUT2D eigenvalue weighted by Crippen LogP contribution is -2.30. The monoisotopic (exact) mass is 282 g/mol. The van der Waals surface area contributed by atoms with Crippen LogP contribution in [0.25, 0.3) is 0 Å². The van der Waals surface area contributed by atoms with E-state index in [1.54, 1.807) is 11.0 Å². The number of nitrogens with two attached hydrogens (primary N) is 1. The molecule has 0 bridgehead atoms. The molecule has 1 amide bonds. The molecule has 0 saturated carbocycles. The molecule has 110 valence electrons. The van der Waals surface area contributed by atoms with Gasteiger partial charge in [-0.1, -0.05) is 42.0 Å². The minimum Gasteiger partial charge on any atom is -0.398 e. The van der Waals surface area contributed by atoms with E-state index >= 15 is 0 Å². The van der Waals surface area contributed by atoms with Crippen LogP contribution in [-0.4, -0.2) is 17.9 Å². The molecule has 3 nitrogen and oxygen atoms in total. The van der Waals surface area contributed by atoms with Gasteiger partial charge in [-0.2, -0.15) is 0 Å². The highest BCUT2D eigenvalue weighted by molar-refractivity contribution is 5.99. The Morgan fingerprint density at radius 3 is 2.33 bits per heavy atom. The Kier molecular flexibility index (Phi) is 4.32. The summed E-state index contributed by atoms with van der Waals surface area (Å²) in [4.78, 5) is 14.4. The molecule has 2 aromatic carbocycles. The van der Waals surface area contributed by atoms with E-state index in [9.17, 15) is 4.79 Å². The summed E-state index contributed by atoms with van der Waals surface area (Å²) in [6, 6.07) is 13.8. The number of para-hydroxylation sites is 1. The van der Waals surface area contributed by atoms with Crippen molar-refractivity contribution in [3.63, 3.8) is 0 Å². The number of amides is 1. The van der Waals surface area contributed by atoms with Crippen LogP contribution < -0.4 is 5.73 Å². The number of anilines is 1. The summed E-state index contributed by atoms with van der Waals surface area (Å²) >= 11 is 0. The maximum absolute atomic E-state index is 12.6. The summed E-state index contributed by atoms with van der Waals surface area (Å²) < 4.78 is 0. The van der Waals surface area contributed by atoms with Gasteiger partial charge in [0.05, 0.1) is 11.6 Å². The molecule has 0 aliphatic carbocycles. The quantitative estimate of drug-likeness (QED) is 0.872. The van der Waals surface area contributed by atoms with Crippen molar-refractivity contribution in [2.45, 2.75) is 26.8 Å². The molecule has 21 heavy (non-hydrogen) atoms. The van der Waals surface area contributed by atoms with Crippen LogP contribution >= 0.6 is 0 Å². The molecule has 0 aliphatic rings. The number of carbonyl (C=O) groups is 1. The zero-order chi connectivity index (χ0) is 15.6. The number of hydrogen-bond acceptors (Lipinski definition) is 2. The van der Waals surface area contributed by atoms with E-state index in [0.29, 0.717) is 11.3 Å². The van der Waals surface area contributed by atoms with Crippen molar-refractivity contribution < 1.29 is 4.79 Å². The van der Waals surface area contributed by atoms with E-state index in [2.05, 4.69) is 31.2 Å². The van der Waals surface area contributed by atoms with Crippen LogP contribution in [0.3, 0.4) is 0 Å². The maximum Gasteiger partial charge on any atom is 0.256 e. The standard InChI is InChI=1S/C18H22N2O/c1-12-8-10-15(11-9-12)14(3)20(4)18(21)16-7-5-6-13(2)17(16)19/h5-11,14H,19H2,1-4H3. The molecule has 2 rings (SSSR count). The summed E-state index contributed by atoms with van der Waals surface area (Å²) in [5.74, 6) is -0.0516. The van der Waals surface area contributed by atoms with Gasteiger partial charge in [0.2, 0.25) is 0 Å². The Labute approximate surface area is 126 Å². The van der Waals surface area contributed by atoms with Crippen molar-refractivity contribution in [2.24, 2.45) is 0 Å². The number of carbonyl (C=O) groups excluding carboxylic acids is 1. The van der Waals surface area contributed by atoms with Gasteiger partial charge in [-0.3, -0.25) is 4.79 Å². The summed E-state index contributed by atoms with van der Waals surface area (Å²) in [6.07, 6.45) is 0. The van der Waals surface area contributed by atoms with E-state index in [4.69, 9.17) is 5.73 Å². The zero-order valence-corrected chi connectivity index (χ0v) is 13.1. The number of nitrogens with zero attached hydrogens (tertiary/aromatic N) is 1. The van der Waals surface area contributed by atoms with Gasteiger partial charge in [0.15, 0.2) is 0 Å². The molecule has 1 atom stereocenters. The molecular formula is C18H22N2O. The lowest BCUT2D eigenvalue weighted by Gasteiger charge is -2.26. The lowest BCUT2D eigenvalue weighted by molar-refractivity contribution is 0.0743. The molecule has 0 heterocycles. The highest BCUT2D eigenvalue weighted by Gasteiger charge is 2.20. The minimum atomic E-state index is -0.0516. The third kappa shape index (κ3) is 3.07. The first kappa shape index (κ1) is 15.1. The average Bonchev–Trinajstić information content (AvgIpc) is 2.48. The van der Waals surface area contributed by atoms with Crippen LogP contribution in [0.2, 0.25) is 0 Å². The molecule has 2 aromatic rings. The number of rotatable bonds is 3. The predicted octanol–water partition coefficient (Wildman–Crippen LogP) is 3.72. The SMILES string of the molecule is Cc1ccc(C(C)N(C)C(=O)c2cccc(C)c2N)cc1. The van der Waals surface area contributed by atoms with E-state index in [0.717, 1.165) is 11.1 Å². The number of benzene rings is 2. The zero-order valence-electron chi connectivity index (χ0n) is 13.1. The summed E-state index contributed by atoms with van der Waals surface area (Å²) in [7, 11) is 1.81. The van der Waals surface area contributed by atoms with Crippen molar-refractivity contribution in [1.29, 1.82) is 0 Å². The summed E-state index contributed by atoms with van der Waals surface area (Å²) in [5.41, 5.74) is 10.4. The van der Waals surface area contributed by atoms with Crippen LogP contribution in [0.15, 0.2) is 42.5 Å². The Morgan fingerprint density at radius 2 is 1.71 bits per heavy atom. The third-order valence-electron chi connectivity index (χ3n) is 4.02. The first-order valence-corrected chi connectivity index (χ1v) is 7.10. The Hall–Kier alpha value is -2.29.